The number of alkyl halides is 3. The summed E-state index contributed by atoms with van der Waals surface area (Å²) in [6.07, 6.45) is -4.39. The number of ether oxygens (including phenoxy) is 1. The zero-order valence-electron chi connectivity index (χ0n) is 10.0. The highest BCUT2D eigenvalue weighted by Crippen LogP contribution is 2.33. The van der Waals surface area contributed by atoms with Crippen LogP contribution in [0.4, 0.5) is 13.2 Å². The fraction of sp³-hybridized carbons (Fsp3) is 0.417. The summed E-state index contributed by atoms with van der Waals surface area (Å²) in [6, 6.07) is 2.86. The number of nitrogens with two attached hydrogens (primary N) is 1. The summed E-state index contributed by atoms with van der Waals surface area (Å²) >= 11 is 0. The molecule has 0 aliphatic rings. The standard InChI is InChI=1S/C12H14F3NO2/c1-7-8(6-10(16)11(17)18-2)4-3-5-9(7)12(13,14)15/h3-5,10H,6,16H2,1-2H3/t10-/m1/s1. The van der Waals surface area contributed by atoms with Gasteiger partial charge in [-0.1, -0.05) is 12.1 Å². The molecule has 0 saturated heterocycles. The maximum Gasteiger partial charge on any atom is 0.416 e. The summed E-state index contributed by atoms with van der Waals surface area (Å²) in [4.78, 5) is 11.1. The molecule has 3 nitrogen and oxygen atoms in total. The molecule has 2 N–H and O–H groups in total. The van der Waals surface area contributed by atoms with Crippen LogP contribution in [0.5, 0.6) is 0 Å². The van der Waals surface area contributed by atoms with Crippen molar-refractivity contribution in [3.05, 3.63) is 34.9 Å². The molecule has 0 bridgehead atoms. The van der Waals surface area contributed by atoms with Gasteiger partial charge in [-0.2, -0.15) is 13.2 Å². The summed E-state index contributed by atoms with van der Waals surface area (Å²) in [6.45, 7) is 1.36. The van der Waals surface area contributed by atoms with Gasteiger partial charge in [0.2, 0.25) is 0 Å². The Kier molecular flexibility index (Phi) is 4.34. The number of carbonyl (C=O) groups excluding carboxylic acids is 1. The van der Waals surface area contributed by atoms with Crippen LogP contribution in [0, 0.1) is 6.92 Å². The molecule has 1 aromatic rings. The Morgan fingerprint density at radius 1 is 1.44 bits per heavy atom. The lowest BCUT2D eigenvalue weighted by atomic mass is 9.97. The highest BCUT2D eigenvalue weighted by atomic mass is 19.4. The van der Waals surface area contributed by atoms with E-state index >= 15 is 0 Å². The number of hydrogen-bond donors (Lipinski definition) is 1. The number of hydrogen-bond acceptors (Lipinski definition) is 3. The van der Waals surface area contributed by atoms with Crippen LogP contribution < -0.4 is 5.73 Å². The van der Waals surface area contributed by atoms with Gasteiger partial charge in [-0.05, 0) is 30.5 Å². The van der Waals surface area contributed by atoms with Crippen molar-refractivity contribution < 1.29 is 22.7 Å². The predicted octanol–water partition coefficient (Wildman–Crippen LogP) is 2.06. The van der Waals surface area contributed by atoms with E-state index in [4.69, 9.17) is 5.73 Å². The topological polar surface area (TPSA) is 52.3 Å². The third kappa shape index (κ3) is 3.22. The minimum absolute atomic E-state index is 0.0163. The van der Waals surface area contributed by atoms with Gasteiger partial charge in [0, 0.05) is 0 Å². The van der Waals surface area contributed by atoms with E-state index in [0.29, 0.717) is 5.56 Å². The van der Waals surface area contributed by atoms with Crippen molar-refractivity contribution in [3.8, 4) is 0 Å². The summed E-state index contributed by atoms with van der Waals surface area (Å²) in [7, 11) is 1.18. The molecule has 0 aromatic heterocycles. The molecule has 0 fully saturated rings. The molecular formula is C12H14F3NO2. The molecule has 0 unspecified atom stereocenters. The fourth-order valence-corrected chi connectivity index (χ4v) is 1.68. The molecule has 0 amide bonds. The minimum Gasteiger partial charge on any atom is -0.468 e. The lowest BCUT2D eigenvalue weighted by Gasteiger charge is -2.15. The van der Waals surface area contributed by atoms with Crippen LogP contribution >= 0.6 is 0 Å². The van der Waals surface area contributed by atoms with Gasteiger partial charge >= 0.3 is 12.1 Å². The molecule has 0 saturated carbocycles. The Labute approximate surface area is 103 Å². The van der Waals surface area contributed by atoms with E-state index in [-0.39, 0.29) is 12.0 Å². The average Bonchev–Trinajstić information content (AvgIpc) is 2.29. The second kappa shape index (κ2) is 5.39. The molecular weight excluding hydrogens is 247 g/mol. The van der Waals surface area contributed by atoms with Gasteiger partial charge in [0.15, 0.2) is 0 Å². The molecule has 100 valence electrons. The van der Waals surface area contributed by atoms with Crippen LogP contribution in [0.2, 0.25) is 0 Å². The van der Waals surface area contributed by atoms with Crippen molar-refractivity contribution >= 4 is 5.97 Å². The normalized spacial score (nSPS) is 13.2. The first-order valence-corrected chi connectivity index (χ1v) is 5.26. The van der Waals surface area contributed by atoms with Crippen molar-refractivity contribution in [1.29, 1.82) is 0 Å². The number of methoxy groups -OCH3 is 1. The van der Waals surface area contributed by atoms with Crippen LogP contribution in [0.15, 0.2) is 18.2 Å². The quantitative estimate of drug-likeness (QED) is 0.847. The molecule has 1 rings (SSSR count). The molecule has 18 heavy (non-hydrogen) atoms. The summed E-state index contributed by atoms with van der Waals surface area (Å²) in [5.74, 6) is -0.646. The Hall–Kier alpha value is -1.56. The first-order valence-electron chi connectivity index (χ1n) is 5.26. The van der Waals surface area contributed by atoms with Crippen molar-refractivity contribution in [3.63, 3.8) is 0 Å². The van der Waals surface area contributed by atoms with Crippen molar-refractivity contribution in [1.82, 2.24) is 0 Å². The van der Waals surface area contributed by atoms with E-state index in [1.807, 2.05) is 0 Å². The Balaban J connectivity index is 3.02. The Bertz CT molecular complexity index is 443. The molecule has 0 radical (unpaired) electrons. The van der Waals surface area contributed by atoms with Gasteiger partial charge in [0.25, 0.3) is 0 Å². The van der Waals surface area contributed by atoms with Crippen LogP contribution in [0.3, 0.4) is 0 Å². The molecule has 0 aliphatic heterocycles. The number of benzene rings is 1. The van der Waals surface area contributed by atoms with Crippen LogP contribution in [-0.2, 0) is 22.1 Å². The summed E-state index contributed by atoms with van der Waals surface area (Å²) < 4.78 is 42.4. The lowest BCUT2D eigenvalue weighted by molar-refractivity contribution is -0.142. The van der Waals surface area contributed by atoms with E-state index in [1.54, 1.807) is 0 Å². The van der Waals surface area contributed by atoms with E-state index in [0.717, 1.165) is 6.07 Å². The number of halogens is 3. The first kappa shape index (κ1) is 14.5. The van der Waals surface area contributed by atoms with Gasteiger partial charge in [-0.25, -0.2) is 0 Å². The Morgan fingerprint density at radius 2 is 2.06 bits per heavy atom. The smallest absolute Gasteiger partial charge is 0.416 e. The van der Waals surface area contributed by atoms with Crippen LogP contribution in [0.1, 0.15) is 16.7 Å². The average molecular weight is 261 g/mol. The van der Waals surface area contributed by atoms with Gasteiger partial charge in [-0.3, -0.25) is 4.79 Å². The molecule has 0 heterocycles. The van der Waals surface area contributed by atoms with Crippen LogP contribution in [-0.4, -0.2) is 19.1 Å². The van der Waals surface area contributed by atoms with Gasteiger partial charge in [-0.15, -0.1) is 0 Å². The molecule has 6 heteroatoms. The maximum absolute atomic E-state index is 12.7. The molecule has 1 atom stereocenters. The predicted molar refractivity (Wildman–Crippen MR) is 59.9 cm³/mol. The van der Waals surface area contributed by atoms with Crippen molar-refractivity contribution in [2.75, 3.05) is 7.11 Å². The van der Waals surface area contributed by atoms with E-state index in [2.05, 4.69) is 4.74 Å². The summed E-state index contributed by atoms with van der Waals surface area (Å²) in [5.41, 5.74) is 5.30. The largest absolute Gasteiger partial charge is 0.468 e. The van der Waals surface area contributed by atoms with Crippen molar-refractivity contribution in [2.24, 2.45) is 5.73 Å². The zero-order chi connectivity index (χ0) is 13.9. The van der Waals surface area contributed by atoms with Crippen molar-refractivity contribution in [2.45, 2.75) is 25.6 Å². The third-order valence-corrected chi connectivity index (χ3v) is 2.70. The number of rotatable bonds is 3. The highest BCUT2D eigenvalue weighted by Gasteiger charge is 2.33. The van der Waals surface area contributed by atoms with E-state index < -0.39 is 23.8 Å². The third-order valence-electron chi connectivity index (χ3n) is 2.70. The fourth-order valence-electron chi connectivity index (χ4n) is 1.68. The molecule has 1 aromatic carbocycles. The highest BCUT2D eigenvalue weighted by molar-refractivity contribution is 5.75. The number of carbonyl (C=O) groups is 1. The molecule has 0 spiro atoms. The van der Waals surface area contributed by atoms with E-state index in [1.165, 1.54) is 26.2 Å². The molecule has 0 aliphatic carbocycles. The lowest BCUT2D eigenvalue weighted by Crippen LogP contribution is -2.34. The zero-order valence-corrected chi connectivity index (χ0v) is 10.0. The minimum atomic E-state index is -4.41. The Morgan fingerprint density at radius 3 is 2.56 bits per heavy atom. The van der Waals surface area contributed by atoms with Gasteiger partial charge in [0.1, 0.15) is 6.04 Å². The first-order chi connectivity index (χ1) is 8.27. The second-order valence-electron chi connectivity index (χ2n) is 3.92. The maximum atomic E-state index is 12.7. The number of esters is 1. The monoisotopic (exact) mass is 261 g/mol. The van der Waals surface area contributed by atoms with Crippen LogP contribution in [0.25, 0.3) is 0 Å². The second-order valence-corrected chi connectivity index (χ2v) is 3.92. The van der Waals surface area contributed by atoms with Gasteiger partial charge < -0.3 is 10.5 Å². The SMILES string of the molecule is COC(=O)[C@H](N)Cc1cccc(C(F)(F)F)c1C. The van der Waals surface area contributed by atoms with Gasteiger partial charge in [0.05, 0.1) is 12.7 Å². The summed E-state index contributed by atoms with van der Waals surface area (Å²) in [5, 5.41) is 0. The van der Waals surface area contributed by atoms with E-state index in [9.17, 15) is 18.0 Å².